The maximum atomic E-state index is 13.2. The molecule has 2 aromatic rings. The molecular formula is C22H23F3N2O3. The molecule has 0 bridgehead atoms. The van der Waals surface area contributed by atoms with E-state index in [1.807, 2.05) is 13.8 Å². The molecule has 0 aliphatic carbocycles. The minimum atomic E-state index is -4.70. The molecule has 0 aromatic heterocycles. The van der Waals surface area contributed by atoms with Gasteiger partial charge in [-0.1, -0.05) is 26.0 Å². The molecule has 2 aromatic carbocycles. The van der Waals surface area contributed by atoms with Crippen molar-refractivity contribution in [2.45, 2.75) is 39.1 Å². The Hall–Kier alpha value is -3.21. The van der Waals surface area contributed by atoms with Crippen LogP contribution in [0.4, 0.5) is 13.2 Å². The number of ether oxygens (including phenoxy) is 2. The van der Waals surface area contributed by atoms with Crippen molar-refractivity contribution in [2.75, 3.05) is 7.11 Å². The van der Waals surface area contributed by atoms with E-state index >= 15 is 0 Å². The van der Waals surface area contributed by atoms with Crippen LogP contribution in [0.5, 0.6) is 11.5 Å². The van der Waals surface area contributed by atoms with Gasteiger partial charge in [-0.25, -0.2) is 0 Å². The van der Waals surface area contributed by atoms with E-state index in [1.54, 1.807) is 31.4 Å². The molecule has 0 aliphatic heterocycles. The quantitative estimate of drug-likeness (QED) is 0.672. The van der Waals surface area contributed by atoms with Crippen molar-refractivity contribution in [3.63, 3.8) is 0 Å². The molecular weight excluding hydrogens is 397 g/mol. The minimum Gasteiger partial charge on any atom is -0.497 e. The topological polar surface area (TPSA) is 71.3 Å². The molecule has 1 N–H and O–H groups in total. The van der Waals surface area contributed by atoms with Crippen molar-refractivity contribution in [1.29, 1.82) is 5.26 Å². The van der Waals surface area contributed by atoms with E-state index in [-0.39, 0.29) is 18.2 Å². The van der Waals surface area contributed by atoms with Gasteiger partial charge in [-0.2, -0.15) is 18.4 Å². The van der Waals surface area contributed by atoms with Gasteiger partial charge in [-0.05, 0) is 48.2 Å². The number of nitrogens with zero attached hydrogens (tertiary/aromatic N) is 1. The number of nitrogens with one attached hydrogen (secondary N) is 1. The number of benzene rings is 2. The van der Waals surface area contributed by atoms with E-state index in [9.17, 15) is 18.0 Å². The van der Waals surface area contributed by atoms with Crippen LogP contribution in [0, 0.1) is 17.2 Å². The summed E-state index contributed by atoms with van der Waals surface area (Å²) in [7, 11) is 1.55. The Labute approximate surface area is 173 Å². The van der Waals surface area contributed by atoms with Crippen LogP contribution in [0.15, 0.2) is 42.5 Å². The summed E-state index contributed by atoms with van der Waals surface area (Å²) in [6, 6.07) is 11.7. The SMILES string of the molecule is COc1ccc(CNC(=O)C(CC(C)C)Oc2ccc(C#N)c(C(F)(F)F)c2)cc1. The third kappa shape index (κ3) is 6.41. The van der Waals surface area contributed by atoms with Crippen molar-refractivity contribution in [1.82, 2.24) is 5.32 Å². The summed E-state index contributed by atoms with van der Waals surface area (Å²) in [4.78, 5) is 12.6. The van der Waals surface area contributed by atoms with Crippen LogP contribution < -0.4 is 14.8 Å². The number of nitriles is 1. The highest BCUT2D eigenvalue weighted by atomic mass is 19.4. The van der Waals surface area contributed by atoms with Gasteiger partial charge in [0.25, 0.3) is 5.91 Å². The monoisotopic (exact) mass is 420 g/mol. The number of halogens is 3. The number of methoxy groups -OCH3 is 1. The Balaban J connectivity index is 2.15. The van der Waals surface area contributed by atoms with Crippen LogP contribution in [0.25, 0.3) is 0 Å². The summed E-state index contributed by atoms with van der Waals surface area (Å²) in [5.41, 5.74) is -0.756. The summed E-state index contributed by atoms with van der Waals surface area (Å²) in [5, 5.41) is 11.7. The van der Waals surface area contributed by atoms with Gasteiger partial charge >= 0.3 is 6.18 Å². The van der Waals surface area contributed by atoms with Gasteiger partial charge in [0.1, 0.15) is 11.5 Å². The molecule has 8 heteroatoms. The van der Waals surface area contributed by atoms with Crippen molar-refractivity contribution in [3.05, 3.63) is 59.2 Å². The molecule has 0 aliphatic rings. The van der Waals surface area contributed by atoms with E-state index in [1.165, 1.54) is 12.1 Å². The maximum Gasteiger partial charge on any atom is 0.417 e. The third-order valence-electron chi connectivity index (χ3n) is 4.30. The Morgan fingerprint density at radius 1 is 1.13 bits per heavy atom. The van der Waals surface area contributed by atoms with Crippen LogP contribution in [0.3, 0.4) is 0 Å². The summed E-state index contributed by atoms with van der Waals surface area (Å²) in [6.07, 6.45) is -5.36. The summed E-state index contributed by atoms with van der Waals surface area (Å²) in [6.45, 7) is 4.00. The fourth-order valence-electron chi connectivity index (χ4n) is 2.78. The summed E-state index contributed by atoms with van der Waals surface area (Å²) in [5.74, 6) is 0.207. The van der Waals surface area contributed by atoms with Crippen LogP contribution in [-0.4, -0.2) is 19.1 Å². The molecule has 0 heterocycles. The summed E-state index contributed by atoms with van der Waals surface area (Å²) < 4.78 is 50.3. The van der Waals surface area contributed by atoms with Gasteiger partial charge in [0.05, 0.1) is 24.3 Å². The van der Waals surface area contributed by atoms with E-state index < -0.39 is 29.3 Å². The average molecular weight is 420 g/mol. The van der Waals surface area contributed by atoms with Gasteiger partial charge < -0.3 is 14.8 Å². The highest BCUT2D eigenvalue weighted by Crippen LogP contribution is 2.34. The lowest BCUT2D eigenvalue weighted by Gasteiger charge is -2.21. The normalized spacial score (nSPS) is 12.2. The molecule has 160 valence electrons. The lowest BCUT2D eigenvalue weighted by Crippen LogP contribution is -2.39. The first-order valence-electron chi connectivity index (χ1n) is 9.32. The van der Waals surface area contributed by atoms with Crippen molar-refractivity contribution < 1.29 is 27.4 Å². The first kappa shape index (κ1) is 23.1. The van der Waals surface area contributed by atoms with Gasteiger partial charge in [-0.15, -0.1) is 0 Å². The summed E-state index contributed by atoms with van der Waals surface area (Å²) >= 11 is 0. The molecule has 0 saturated carbocycles. The molecule has 30 heavy (non-hydrogen) atoms. The number of rotatable bonds is 8. The zero-order valence-electron chi connectivity index (χ0n) is 16.9. The van der Waals surface area contributed by atoms with E-state index in [0.717, 1.165) is 17.7 Å². The maximum absolute atomic E-state index is 13.2. The molecule has 2 rings (SSSR count). The number of hydrogen-bond acceptors (Lipinski definition) is 4. The van der Waals surface area contributed by atoms with E-state index in [0.29, 0.717) is 12.2 Å². The molecule has 0 fully saturated rings. The molecule has 0 radical (unpaired) electrons. The van der Waals surface area contributed by atoms with Gasteiger partial charge in [0.15, 0.2) is 6.10 Å². The van der Waals surface area contributed by atoms with Crippen LogP contribution in [0.1, 0.15) is 37.0 Å². The first-order chi connectivity index (χ1) is 14.1. The number of carbonyl (C=O) groups excluding carboxylic acids is 1. The fraction of sp³-hybridized carbons (Fsp3) is 0.364. The molecule has 0 saturated heterocycles. The number of alkyl halides is 3. The Bertz CT molecular complexity index is 903. The molecule has 0 spiro atoms. The van der Waals surface area contributed by atoms with Crippen molar-refractivity contribution in [2.24, 2.45) is 5.92 Å². The Morgan fingerprint density at radius 3 is 2.30 bits per heavy atom. The molecule has 1 atom stereocenters. The predicted molar refractivity (Wildman–Crippen MR) is 105 cm³/mol. The molecule has 1 unspecified atom stereocenters. The third-order valence-corrected chi connectivity index (χ3v) is 4.30. The molecule has 5 nitrogen and oxygen atoms in total. The smallest absolute Gasteiger partial charge is 0.417 e. The number of amides is 1. The van der Waals surface area contributed by atoms with E-state index in [4.69, 9.17) is 14.7 Å². The van der Waals surface area contributed by atoms with Crippen LogP contribution in [0.2, 0.25) is 0 Å². The fourth-order valence-corrected chi connectivity index (χ4v) is 2.78. The largest absolute Gasteiger partial charge is 0.497 e. The van der Waals surface area contributed by atoms with E-state index in [2.05, 4.69) is 5.32 Å². The van der Waals surface area contributed by atoms with Gasteiger partial charge in [0, 0.05) is 6.54 Å². The Kier molecular flexibility index (Phi) is 7.70. The first-order valence-corrected chi connectivity index (χ1v) is 9.32. The number of carbonyl (C=O) groups is 1. The van der Waals surface area contributed by atoms with Crippen LogP contribution >= 0.6 is 0 Å². The highest BCUT2D eigenvalue weighted by Gasteiger charge is 2.34. The minimum absolute atomic E-state index is 0.0715. The van der Waals surface area contributed by atoms with Crippen molar-refractivity contribution in [3.8, 4) is 17.6 Å². The zero-order valence-corrected chi connectivity index (χ0v) is 16.9. The van der Waals surface area contributed by atoms with Gasteiger partial charge in [-0.3, -0.25) is 4.79 Å². The second-order valence-corrected chi connectivity index (χ2v) is 7.12. The van der Waals surface area contributed by atoms with Crippen LogP contribution in [-0.2, 0) is 17.5 Å². The average Bonchev–Trinajstić information content (AvgIpc) is 2.70. The standard InChI is InChI=1S/C22H23F3N2O3/c1-14(2)10-20(21(28)27-13-15-4-7-17(29-3)8-5-15)30-18-9-6-16(12-26)19(11-18)22(23,24)25/h4-9,11,14,20H,10,13H2,1-3H3,(H,27,28). The predicted octanol–water partition coefficient (Wildman–Crippen LogP) is 4.70. The highest BCUT2D eigenvalue weighted by molar-refractivity contribution is 5.81. The zero-order chi connectivity index (χ0) is 22.3. The van der Waals surface area contributed by atoms with Crippen molar-refractivity contribution >= 4 is 5.91 Å². The molecule has 1 amide bonds. The van der Waals surface area contributed by atoms with Gasteiger partial charge in [0.2, 0.25) is 0 Å². The Morgan fingerprint density at radius 2 is 1.77 bits per heavy atom. The number of hydrogen-bond donors (Lipinski definition) is 1. The second-order valence-electron chi connectivity index (χ2n) is 7.12. The lowest BCUT2D eigenvalue weighted by atomic mass is 10.0. The lowest BCUT2D eigenvalue weighted by molar-refractivity contribution is -0.137. The second kappa shape index (κ2) is 10.0.